The maximum absolute atomic E-state index is 13.2. The van der Waals surface area contributed by atoms with Gasteiger partial charge >= 0.3 is 0 Å². The van der Waals surface area contributed by atoms with E-state index in [0.717, 1.165) is 35.9 Å². The van der Waals surface area contributed by atoms with Crippen LogP contribution in [0.15, 0.2) is 44.2 Å². The first kappa shape index (κ1) is 19.3. The molecule has 5 rings (SSSR count). The summed E-state index contributed by atoms with van der Waals surface area (Å²) < 4.78 is 34.1. The zero-order valence-corrected chi connectivity index (χ0v) is 18.2. The van der Waals surface area contributed by atoms with E-state index in [-0.39, 0.29) is 24.0 Å². The van der Waals surface area contributed by atoms with Gasteiger partial charge in [0.05, 0.1) is 4.90 Å². The van der Waals surface area contributed by atoms with E-state index in [0.29, 0.717) is 29.3 Å². The van der Waals surface area contributed by atoms with E-state index in [2.05, 4.69) is 26.4 Å². The van der Waals surface area contributed by atoms with Gasteiger partial charge in [-0.2, -0.15) is 4.31 Å². The molecule has 1 amide bonds. The van der Waals surface area contributed by atoms with Crippen LogP contribution in [-0.2, 0) is 10.0 Å². The van der Waals surface area contributed by atoms with E-state index >= 15 is 0 Å². The molecule has 1 N–H and O–H groups in total. The van der Waals surface area contributed by atoms with Crippen molar-refractivity contribution >= 4 is 31.9 Å². The molecule has 1 aliphatic carbocycles. The van der Waals surface area contributed by atoms with E-state index in [1.54, 1.807) is 34.6 Å². The molecule has 9 heteroatoms. The summed E-state index contributed by atoms with van der Waals surface area (Å²) in [4.78, 5) is 12.9. The van der Waals surface area contributed by atoms with Gasteiger partial charge in [0.2, 0.25) is 10.0 Å². The first-order chi connectivity index (χ1) is 13.9. The molecule has 0 radical (unpaired) electrons. The van der Waals surface area contributed by atoms with Gasteiger partial charge in [0, 0.05) is 34.6 Å². The highest BCUT2D eigenvalue weighted by atomic mass is 79.9. The van der Waals surface area contributed by atoms with Gasteiger partial charge in [-0.05, 0) is 62.8 Å². The van der Waals surface area contributed by atoms with Gasteiger partial charge in [-0.25, -0.2) is 8.42 Å². The Bertz CT molecular complexity index is 1020. The molecule has 1 aromatic carbocycles. The Balaban J connectivity index is 1.28. The third kappa shape index (κ3) is 3.64. The lowest BCUT2D eigenvalue weighted by atomic mass is 9.99. The van der Waals surface area contributed by atoms with Crippen LogP contribution in [0.5, 0.6) is 0 Å². The number of halogens is 1. The van der Waals surface area contributed by atoms with Gasteiger partial charge in [-0.1, -0.05) is 21.1 Å². The standard InChI is InChI=1S/C20H22BrN3O4S/c21-13-3-7-17(8-4-13)29(26,27)24-15-5-6-16(24)10-14(9-15)22-20(25)18-11-19(28-23-18)12-1-2-12/h3-4,7-8,11-12,14-16H,1-2,5-6,9-10H2,(H,22,25)/t14-,15-,16+. The molecule has 3 heterocycles. The number of benzene rings is 1. The van der Waals surface area contributed by atoms with E-state index < -0.39 is 10.0 Å². The van der Waals surface area contributed by atoms with Gasteiger partial charge in [-0.3, -0.25) is 4.79 Å². The molecule has 3 fully saturated rings. The molecule has 2 saturated heterocycles. The molecule has 7 nitrogen and oxygen atoms in total. The smallest absolute Gasteiger partial charge is 0.273 e. The summed E-state index contributed by atoms with van der Waals surface area (Å²) in [5, 5.41) is 6.94. The summed E-state index contributed by atoms with van der Waals surface area (Å²) in [5.41, 5.74) is 0.309. The first-order valence-electron chi connectivity index (χ1n) is 9.98. The minimum atomic E-state index is -3.55. The lowest BCUT2D eigenvalue weighted by Gasteiger charge is -2.38. The van der Waals surface area contributed by atoms with Crippen LogP contribution >= 0.6 is 15.9 Å². The number of rotatable bonds is 5. The molecular weight excluding hydrogens is 458 g/mol. The molecule has 0 unspecified atom stereocenters. The summed E-state index contributed by atoms with van der Waals surface area (Å²) in [5.74, 6) is 0.951. The fraction of sp³-hybridized carbons (Fsp3) is 0.500. The van der Waals surface area contributed by atoms with Crippen molar-refractivity contribution in [2.24, 2.45) is 0 Å². The maximum atomic E-state index is 13.2. The summed E-state index contributed by atoms with van der Waals surface area (Å²) in [6, 6.07) is 8.25. The Morgan fingerprint density at radius 3 is 2.38 bits per heavy atom. The quantitative estimate of drug-likeness (QED) is 0.708. The van der Waals surface area contributed by atoms with Crippen LogP contribution in [0.25, 0.3) is 0 Å². The van der Waals surface area contributed by atoms with Crippen LogP contribution in [0, 0.1) is 0 Å². The molecule has 2 aliphatic heterocycles. The molecule has 3 atom stereocenters. The zero-order valence-electron chi connectivity index (χ0n) is 15.8. The molecular formula is C20H22BrN3O4S. The van der Waals surface area contributed by atoms with Gasteiger partial charge in [0.25, 0.3) is 5.91 Å². The minimum absolute atomic E-state index is 0.0579. The van der Waals surface area contributed by atoms with E-state index in [4.69, 9.17) is 4.52 Å². The highest BCUT2D eigenvalue weighted by Crippen LogP contribution is 2.41. The second kappa shape index (κ2) is 7.21. The number of piperidine rings is 1. The van der Waals surface area contributed by atoms with E-state index in [1.807, 2.05) is 0 Å². The summed E-state index contributed by atoms with van der Waals surface area (Å²) in [6.07, 6.45) is 5.05. The molecule has 3 aliphatic rings. The number of nitrogens with one attached hydrogen (secondary N) is 1. The van der Waals surface area contributed by atoms with Gasteiger partial charge in [0.1, 0.15) is 5.76 Å². The van der Waals surface area contributed by atoms with Crippen molar-refractivity contribution in [3.8, 4) is 0 Å². The van der Waals surface area contributed by atoms with Crippen LogP contribution < -0.4 is 5.32 Å². The normalized spacial score (nSPS) is 27.1. The van der Waals surface area contributed by atoms with Crippen LogP contribution in [0.3, 0.4) is 0 Å². The molecule has 1 saturated carbocycles. The predicted molar refractivity (Wildman–Crippen MR) is 109 cm³/mol. The number of sulfonamides is 1. The average Bonchev–Trinajstić information content (AvgIpc) is 3.34. The number of hydrogen-bond acceptors (Lipinski definition) is 5. The summed E-state index contributed by atoms with van der Waals surface area (Å²) in [7, 11) is -3.55. The van der Waals surface area contributed by atoms with Crippen molar-refractivity contribution in [3.63, 3.8) is 0 Å². The number of aromatic nitrogens is 1. The van der Waals surface area contributed by atoms with Crippen LogP contribution in [0.1, 0.15) is 60.7 Å². The molecule has 2 aromatic rings. The van der Waals surface area contributed by atoms with Crippen molar-refractivity contribution in [1.82, 2.24) is 14.8 Å². The monoisotopic (exact) mass is 479 g/mol. The Kier molecular flexibility index (Phi) is 4.79. The van der Waals surface area contributed by atoms with Crippen molar-refractivity contribution in [2.75, 3.05) is 0 Å². The van der Waals surface area contributed by atoms with Crippen molar-refractivity contribution in [3.05, 3.63) is 46.3 Å². The Morgan fingerprint density at radius 2 is 1.76 bits per heavy atom. The topological polar surface area (TPSA) is 92.5 Å². The first-order valence-corrected chi connectivity index (χ1v) is 12.2. The summed E-state index contributed by atoms with van der Waals surface area (Å²) in [6.45, 7) is 0. The lowest BCUT2D eigenvalue weighted by Crippen LogP contribution is -2.52. The predicted octanol–water partition coefficient (Wildman–Crippen LogP) is 3.43. The fourth-order valence-electron chi connectivity index (χ4n) is 4.59. The fourth-order valence-corrected chi connectivity index (χ4v) is 6.74. The van der Waals surface area contributed by atoms with Gasteiger partial charge in [0.15, 0.2) is 5.69 Å². The van der Waals surface area contributed by atoms with E-state index in [1.165, 1.54) is 0 Å². The maximum Gasteiger partial charge on any atom is 0.273 e. The number of hydrogen-bond donors (Lipinski definition) is 1. The van der Waals surface area contributed by atoms with Crippen molar-refractivity contribution < 1.29 is 17.7 Å². The number of carbonyl (C=O) groups excluding carboxylic acids is 1. The van der Waals surface area contributed by atoms with Crippen LogP contribution in [0.2, 0.25) is 0 Å². The number of nitrogens with zero attached hydrogens (tertiary/aromatic N) is 2. The van der Waals surface area contributed by atoms with Gasteiger partial charge in [-0.15, -0.1) is 0 Å². The number of carbonyl (C=O) groups is 1. The summed E-state index contributed by atoms with van der Waals surface area (Å²) >= 11 is 3.35. The molecule has 1 aromatic heterocycles. The number of fused-ring (bicyclic) bond motifs is 2. The Morgan fingerprint density at radius 1 is 1.10 bits per heavy atom. The van der Waals surface area contributed by atoms with Crippen molar-refractivity contribution in [2.45, 2.75) is 67.5 Å². The third-order valence-corrected chi connectivity index (χ3v) is 8.68. The van der Waals surface area contributed by atoms with Crippen LogP contribution in [0.4, 0.5) is 0 Å². The molecule has 2 bridgehead atoms. The van der Waals surface area contributed by atoms with Gasteiger partial charge < -0.3 is 9.84 Å². The Hall–Kier alpha value is -1.71. The van der Waals surface area contributed by atoms with Crippen LogP contribution in [-0.4, -0.2) is 41.9 Å². The average molecular weight is 480 g/mol. The highest BCUT2D eigenvalue weighted by Gasteiger charge is 2.47. The lowest BCUT2D eigenvalue weighted by molar-refractivity contribution is 0.0900. The second-order valence-electron chi connectivity index (χ2n) is 8.20. The number of amides is 1. The molecule has 29 heavy (non-hydrogen) atoms. The molecule has 154 valence electrons. The van der Waals surface area contributed by atoms with E-state index in [9.17, 15) is 13.2 Å². The molecule has 0 spiro atoms. The minimum Gasteiger partial charge on any atom is -0.360 e. The SMILES string of the molecule is O=C(N[C@@H]1C[C@H]2CC[C@@H](C1)N2S(=O)(=O)c1ccc(Br)cc1)c1cc(C2CC2)on1. The Labute approximate surface area is 178 Å². The zero-order chi connectivity index (χ0) is 20.2. The highest BCUT2D eigenvalue weighted by molar-refractivity contribution is 9.10. The largest absolute Gasteiger partial charge is 0.360 e. The van der Waals surface area contributed by atoms with Crippen molar-refractivity contribution in [1.29, 1.82) is 0 Å². The third-order valence-electron chi connectivity index (χ3n) is 6.13. The second-order valence-corrected chi connectivity index (χ2v) is 11.0.